The lowest BCUT2D eigenvalue weighted by Crippen LogP contribution is -2.47. The molecule has 1 aliphatic heterocycles. The predicted octanol–water partition coefficient (Wildman–Crippen LogP) is 2.84. The molecular weight excluding hydrogens is 396 g/mol. The number of nitrogens with zero attached hydrogens (tertiary/aromatic N) is 4. The number of aromatic carboxylic acids is 1. The number of ether oxygens (including phenoxy) is 1. The van der Waals surface area contributed by atoms with E-state index in [1.807, 2.05) is 12.1 Å². The monoisotopic (exact) mass is 420 g/mol. The second kappa shape index (κ2) is 8.78. The third-order valence-electron chi connectivity index (χ3n) is 5.27. The number of aromatic nitrogens is 2. The van der Waals surface area contributed by atoms with Gasteiger partial charge in [-0.05, 0) is 48.5 Å². The summed E-state index contributed by atoms with van der Waals surface area (Å²) < 4.78 is 5.23. The van der Waals surface area contributed by atoms with Gasteiger partial charge in [-0.2, -0.15) is 0 Å². The van der Waals surface area contributed by atoms with E-state index in [1.54, 1.807) is 19.2 Å². The van der Waals surface area contributed by atoms with E-state index in [9.17, 15) is 4.79 Å². The van der Waals surface area contributed by atoms with Gasteiger partial charge in [0.15, 0.2) is 11.6 Å². The van der Waals surface area contributed by atoms with E-state index in [0.29, 0.717) is 23.0 Å². The van der Waals surface area contributed by atoms with Crippen LogP contribution in [-0.2, 0) is 0 Å². The molecular formula is C22H24N6O3. The second-order valence-electron chi connectivity index (χ2n) is 7.14. The van der Waals surface area contributed by atoms with Crippen molar-refractivity contribution in [3.63, 3.8) is 0 Å². The van der Waals surface area contributed by atoms with Crippen LogP contribution in [0.15, 0.2) is 54.9 Å². The summed E-state index contributed by atoms with van der Waals surface area (Å²) in [6.07, 6.45) is 1.48. The largest absolute Gasteiger partial charge is 0.497 e. The summed E-state index contributed by atoms with van der Waals surface area (Å²) in [6, 6.07) is 14.5. The number of carboxylic acid groups (broad SMARTS) is 1. The Bertz CT molecular complexity index is 1050. The number of rotatable bonds is 6. The Balaban J connectivity index is 1.44. The van der Waals surface area contributed by atoms with Crippen molar-refractivity contribution in [1.29, 1.82) is 0 Å². The number of anilines is 5. The van der Waals surface area contributed by atoms with E-state index >= 15 is 0 Å². The Labute approximate surface area is 180 Å². The standard InChI is InChI=1S/C22H24N6O3/c1-31-18-8-6-17(7-9-18)27-10-12-28(13-11-27)21-19(23)20(24-14-25-21)26-16-4-2-15(3-5-16)22(29)30/h2-9,14H,10-13,23H2,1H3,(H,29,30)(H,24,25,26). The summed E-state index contributed by atoms with van der Waals surface area (Å²) in [7, 11) is 1.66. The number of methoxy groups -OCH3 is 1. The van der Waals surface area contributed by atoms with Gasteiger partial charge in [-0.15, -0.1) is 0 Å². The number of hydrogen-bond acceptors (Lipinski definition) is 8. The first-order valence-corrected chi connectivity index (χ1v) is 9.90. The molecule has 2 aromatic carbocycles. The van der Waals surface area contributed by atoms with Crippen molar-refractivity contribution in [2.75, 3.05) is 54.1 Å². The van der Waals surface area contributed by atoms with Gasteiger partial charge in [0.05, 0.1) is 12.7 Å². The molecule has 3 aromatic rings. The Morgan fingerprint density at radius 3 is 2.26 bits per heavy atom. The van der Waals surface area contributed by atoms with Gasteiger partial charge in [0.2, 0.25) is 0 Å². The quantitative estimate of drug-likeness (QED) is 0.553. The number of hydrogen-bond donors (Lipinski definition) is 3. The molecule has 9 nitrogen and oxygen atoms in total. The minimum absolute atomic E-state index is 0.219. The maximum Gasteiger partial charge on any atom is 0.335 e. The highest BCUT2D eigenvalue weighted by molar-refractivity contribution is 5.88. The molecule has 1 saturated heterocycles. The zero-order chi connectivity index (χ0) is 21.8. The lowest BCUT2D eigenvalue weighted by atomic mass is 10.2. The maximum atomic E-state index is 11.0. The van der Waals surface area contributed by atoms with Crippen LogP contribution < -0.4 is 25.6 Å². The first-order valence-electron chi connectivity index (χ1n) is 9.90. The van der Waals surface area contributed by atoms with Gasteiger partial charge in [0.1, 0.15) is 17.8 Å². The summed E-state index contributed by atoms with van der Waals surface area (Å²) >= 11 is 0. The molecule has 1 fully saturated rings. The normalized spacial score (nSPS) is 13.7. The molecule has 0 saturated carbocycles. The van der Waals surface area contributed by atoms with E-state index < -0.39 is 5.97 Å². The highest BCUT2D eigenvalue weighted by Gasteiger charge is 2.21. The predicted molar refractivity (Wildman–Crippen MR) is 121 cm³/mol. The number of nitrogens with one attached hydrogen (secondary N) is 1. The van der Waals surface area contributed by atoms with Gasteiger partial charge in [-0.3, -0.25) is 0 Å². The summed E-state index contributed by atoms with van der Waals surface area (Å²) in [6.45, 7) is 3.24. The second-order valence-corrected chi connectivity index (χ2v) is 7.14. The van der Waals surface area contributed by atoms with Crippen molar-refractivity contribution in [2.45, 2.75) is 0 Å². The SMILES string of the molecule is COc1ccc(N2CCN(c3ncnc(Nc4ccc(C(=O)O)cc4)c3N)CC2)cc1. The number of piperazine rings is 1. The van der Waals surface area contributed by atoms with E-state index in [4.69, 9.17) is 15.6 Å². The molecule has 0 atom stereocenters. The Hall–Kier alpha value is -4.01. The van der Waals surface area contributed by atoms with E-state index in [2.05, 4.69) is 37.2 Å². The van der Waals surface area contributed by atoms with Crippen LogP contribution in [0.1, 0.15) is 10.4 Å². The van der Waals surface area contributed by atoms with Crippen molar-refractivity contribution >= 4 is 34.7 Å². The summed E-state index contributed by atoms with van der Waals surface area (Å²) in [5, 5.41) is 12.2. The van der Waals surface area contributed by atoms with Crippen LogP contribution in [0.25, 0.3) is 0 Å². The highest BCUT2D eigenvalue weighted by Crippen LogP contribution is 2.30. The topological polar surface area (TPSA) is 117 Å². The van der Waals surface area contributed by atoms with Crippen LogP contribution in [0.5, 0.6) is 5.75 Å². The van der Waals surface area contributed by atoms with Crippen LogP contribution in [-0.4, -0.2) is 54.3 Å². The van der Waals surface area contributed by atoms with E-state index in [-0.39, 0.29) is 5.56 Å². The Morgan fingerprint density at radius 1 is 1.00 bits per heavy atom. The molecule has 0 aliphatic carbocycles. The summed E-state index contributed by atoms with van der Waals surface area (Å²) in [5.41, 5.74) is 8.90. The summed E-state index contributed by atoms with van der Waals surface area (Å²) in [5.74, 6) is 1.05. The van der Waals surface area contributed by atoms with Gasteiger partial charge < -0.3 is 30.7 Å². The van der Waals surface area contributed by atoms with Gasteiger partial charge in [0, 0.05) is 37.6 Å². The molecule has 0 amide bonds. The fourth-order valence-electron chi connectivity index (χ4n) is 3.54. The number of carboxylic acids is 1. The third kappa shape index (κ3) is 4.45. The van der Waals surface area contributed by atoms with E-state index in [0.717, 1.165) is 37.6 Å². The first kappa shape index (κ1) is 20.3. The molecule has 0 bridgehead atoms. The van der Waals surface area contributed by atoms with Crippen molar-refractivity contribution in [3.8, 4) is 5.75 Å². The number of benzene rings is 2. The maximum absolute atomic E-state index is 11.0. The fourth-order valence-corrected chi connectivity index (χ4v) is 3.54. The average molecular weight is 420 g/mol. The summed E-state index contributed by atoms with van der Waals surface area (Å²) in [4.78, 5) is 24.1. The molecule has 31 heavy (non-hydrogen) atoms. The Morgan fingerprint density at radius 2 is 1.65 bits per heavy atom. The van der Waals surface area contributed by atoms with Crippen LogP contribution in [0, 0.1) is 0 Å². The smallest absolute Gasteiger partial charge is 0.335 e. The number of nitrogen functional groups attached to an aromatic ring is 1. The van der Waals surface area contributed by atoms with Crippen LogP contribution >= 0.6 is 0 Å². The van der Waals surface area contributed by atoms with E-state index in [1.165, 1.54) is 18.5 Å². The average Bonchev–Trinajstić information content (AvgIpc) is 2.81. The highest BCUT2D eigenvalue weighted by atomic mass is 16.5. The zero-order valence-electron chi connectivity index (χ0n) is 17.2. The van der Waals surface area contributed by atoms with Crippen LogP contribution in [0.3, 0.4) is 0 Å². The molecule has 2 heterocycles. The molecule has 0 spiro atoms. The third-order valence-corrected chi connectivity index (χ3v) is 5.27. The minimum atomic E-state index is -0.968. The minimum Gasteiger partial charge on any atom is -0.497 e. The lowest BCUT2D eigenvalue weighted by Gasteiger charge is -2.37. The molecule has 1 aliphatic rings. The van der Waals surface area contributed by atoms with Crippen LogP contribution in [0.2, 0.25) is 0 Å². The molecule has 160 valence electrons. The molecule has 0 radical (unpaired) electrons. The van der Waals surface area contributed by atoms with Crippen LogP contribution in [0.4, 0.5) is 28.7 Å². The first-order chi connectivity index (χ1) is 15.0. The van der Waals surface area contributed by atoms with Gasteiger partial charge >= 0.3 is 5.97 Å². The molecule has 1 aromatic heterocycles. The van der Waals surface area contributed by atoms with Crippen molar-refractivity contribution in [2.24, 2.45) is 0 Å². The Kier molecular flexibility index (Phi) is 5.74. The molecule has 9 heteroatoms. The number of carbonyl (C=O) groups is 1. The molecule has 4 rings (SSSR count). The fraction of sp³-hybridized carbons (Fsp3) is 0.227. The van der Waals surface area contributed by atoms with Crippen molar-refractivity contribution in [3.05, 3.63) is 60.4 Å². The van der Waals surface area contributed by atoms with Crippen molar-refractivity contribution < 1.29 is 14.6 Å². The molecule has 0 unspecified atom stereocenters. The van der Waals surface area contributed by atoms with Crippen molar-refractivity contribution in [1.82, 2.24) is 9.97 Å². The zero-order valence-corrected chi connectivity index (χ0v) is 17.2. The van der Waals surface area contributed by atoms with Gasteiger partial charge in [0.25, 0.3) is 0 Å². The molecule has 4 N–H and O–H groups in total. The number of nitrogens with two attached hydrogens (primary N) is 1. The van der Waals surface area contributed by atoms with Gasteiger partial charge in [-0.1, -0.05) is 0 Å². The lowest BCUT2D eigenvalue weighted by molar-refractivity contribution is 0.0697. The van der Waals surface area contributed by atoms with Gasteiger partial charge in [-0.25, -0.2) is 14.8 Å².